The van der Waals surface area contributed by atoms with Crippen molar-refractivity contribution in [3.05, 3.63) is 0 Å². The van der Waals surface area contributed by atoms with Crippen molar-refractivity contribution >= 4 is 32.8 Å². The van der Waals surface area contributed by atoms with Crippen LogP contribution in [0.4, 0.5) is 0 Å². The van der Waals surface area contributed by atoms with Crippen LogP contribution in [-0.2, 0) is 4.79 Å². The standard InChI is InChI=1S/C5H8BrClO/c1-2-3-4(6)5(7)8/h4H,2-3H2,1H3/t4-/m0/s1. The summed E-state index contributed by atoms with van der Waals surface area (Å²) in [5, 5.41) is -0.299. The van der Waals surface area contributed by atoms with Gasteiger partial charge in [0.25, 0.3) is 0 Å². The Morgan fingerprint density at radius 1 is 1.88 bits per heavy atom. The Balaban J connectivity index is 3.32. The number of hydrogen-bond donors (Lipinski definition) is 0. The van der Waals surface area contributed by atoms with Gasteiger partial charge in [0.05, 0.1) is 4.83 Å². The molecule has 0 rings (SSSR count). The summed E-state index contributed by atoms with van der Waals surface area (Å²) in [7, 11) is 0. The van der Waals surface area contributed by atoms with Gasteiger partial charge >= 0.3 is 0 Å². The van der Waals surface area contributed by atoms with Crippen LogP contribution in [0, 0.1) is 0 Å². The molecule has 0 bridgehead atoms. The Morgan fingerprint density at radius 2 is 2.38 bits per heavy atom. The van der Waals surface area contributed by atoms with E-state index < -0.39 is 0 Å². The van der Waals surface area contributed by atoms with Crippen molar-refractivity contribution in [2.45, 2.75) is 24.6 Å². The summed E-state index contributed by atoms with van der Waals surface area (Å²) in [5.41, 5.74) is 0. The first-order valence-corrected chi connectivity index (χ1v) is 3.81. The molecule has 48 valence electrons. The van der Waals surface area contributed by atoms with Crippen molar-refractivity contribution < 1.29 is 4.79 Å². The first-order valence-electron chi connectivity index (χ1n) is 2.52. The molecule has 0 saturated carbocycles. The summed E-state index contributed by atoms with van der Waals surface area (Å²) >= 11 is 8.24. The molecule has 0 aromatic carbocycles. The van der Waals surface area contributed by atoms with Gasteiger partial charge in [-0.25, -0.2) is 0 Å². The van der Waals surface area contributed by atoms with Gasteiger partial charge in [-0.1, -0.05) is 29.3 Å². The summed E-state index contributed by atoms with van der Waals surface area (Å²) in [4.78, 5) is 10.1. The van der Waals surface area contributed by atoms with Crippen molar-refractivity contribution in [3.63, 3.8) is 0 Å². The van der Waals surface area contributed by atoms with Crippen LogP contribution >= 0.6 is 27.5 Å². The fourth-order valence-corrected chi connectivity index (χ4v) is 0.934. The predicted octanol–water partition coefficient (Wildman–Crippen LogP) is 2.32. The third kappa shape index (κ3) is 3.44. The third-order valence-corrected chi connectivity index (χ3v) is 2.19. The van der Waals surface area contributed by atoms with Crippen LogP contribution in [0.5, 0.6) is 0 Å². The quantitative estimate of drug-likeness (QED) is 0.504. The topological polar surface area (TPSA) is 17.1 Å². The minimum absolute atomic E-state index is 0.144. The van der Waals surface area contributed by atoms with Gasteiger partial charge in [0.15, 0.2) is 0 Å². The summed E-state index contributed by atoms with van der Waals surface area (Å²) in [6.45, 7) is 2.01. The Hall–Kier alpha value is 0.440. The number of alkyl halides is 1. The number of halogens is 2. The van der Waals surface area contributed by atoms with E-state index in [0.717, 1.165) is 12.8 Å². The minimum atomic E-state index is -0.299. The van der Waals surface area contributed by atoms with Gasteiger partial charge < -0.3 is 0 Å². The van der Waals surface area contributed by atoms with E-state index in [1.807, 2.05) is 6.92 Å². The van der Waals surface area contributed by atoms with Gasteiger partial charge in [-0.05, 0) is 18.0 Å². The third-order valence-electron chi connectivity index (χ3n) is 0.788. The van der Waals surface area contributed by atoms with Crippen LogP contribution in [0.15, 0.2) is 0 Å². The van der Waals surface area contributed by atoms with Crippen molar-refractivity contribution in [2.75, 3.05) is 0 Å². The molecule has 0 radical (unpaired) electrons. The maximum absolute atomic E-state index is 10.3. The van der Waals surface area contributed by atoms with E-state index in [4.69, 9.17) is 11.6 Å². The zero-order chi connectivity index (χ0) is 6.57. The molecule has 0 aromatic rings. The maximum atomic E-state index is 10.3. The average Bonchev–Trinajstić information content (AvgIpc) is 1.67. The molecule has 0 N–H and O–H groups in total. The molecule has 0 aliphatic carbocycles. The molecule has 0 aromatic heterocycles. The first-order chi connectivity index (χ1) is 3.68. The van der Waals surface area contributed by atoms with E-state index in [9.17, 15) is 4.79 Å². The molecule has 0 fully saturated rings. The second kappa shape index (κ2) is 4.33. The predicted molar refractivity (Wildman–Crippen MR) is 38.5 cm³/mol. The molecule has 0 amide bonds. The molecule has 0 heterocycles. The number of carbonyl (C=O) groups excluding carboxylic acids is 1. The zero-order valence-corrected chi connectivity index (χ0v) is 7.00. The van der Waals surface area contributed by atoms with Crippen LogP contribution in [0.3, 0.4) is 0 Å². The molecule has 1 nitrogen and oxygen atoms in total. The Kier molecular flexibility index (Phi) is 4.57. The fraction of sp³-hybridized carbons (Fsp3) is 0.800. The van der Waals surface area contributed by atoms with Crippen LogP contribution < -0.4 is 0 Å². The molecular formula is C5H8BrClO. The zero-order valence-electron chi connectivity index (χ0n) is 4.66. The lowest BCUT2D eigenvalue weighted by Gasteiger charge is -1.97. The number of carbonyl (C=O) groups is 1. The van der Waals surface area contributed by atoms with Gasteiger partial charge in [0.2, 0.25) is 5.24 Å². The monoisotopic (exact) mass is 198 g/mol. The summed E-state index contributed by atoms with van der Waals surface area (Å²) < 4.78 is 0. The molecule has 1 atom stereocenters. The Labute approximate surface area is 62.5 Å². The molecule has 0 unspecified atom stereocenters. The number of rotatable bonds is 3. The van der Waals surface area contributed by atoms with E-state index >= 15 is 0 Å². The highest BCUT2D eigenvalue weighted by atomic mass is 79.9. The minimum Gasteiger partial charge on any atom is -0.280 e. The van der Waals surface area contributed by atoms with Crippen molar-refractivity contribution in [3.8, 4) is 0 Å². The van der Waals surface area contributed by atoms with Gasteiger partial charge in [-0.15, -0.1) is 0 Å². The second-order valence-corrected chi connectivity index (χ2v) is 3.04. The van der Waals surface area contributed by atoms with Gasteiger partial charge in [-0.3, -0.25) is 4.79 Å². The normalized spacial score (nSPS) is 13.4. The molecule has 0 aliphatic rings. The number of hydrogen-bond acceptors (Lipinski definition) is 1. The lowest BCUT2D eigenvalue weighted by Crippen LogP contribution is -2.05. The van der Waals surface area contributed by atoms with Crippen molar-refractivity contribution in [1.29, 1.82) is 0 Å². The largest absolute Gasteiger partial charge is 0.280 e. The molecule has 3 heteroatoms. The fourth-order valence-electron chi connectivity index (χ4n) is 0.367. The van der Waals surface area contributed by atoms with E-state index in [1.165, 1.54) is 0 Å². The maximum Gasteiger partial charge on any atom is 0.235 e. The van der Waals surface area contributed by atoms with Gasteiger partial charge in [0, 0.05) is 0 Å². The molecular weight excluding hydrogens is 191 g/mol. The van der Waals surface area contributed by atoms with Crippen molar-refractivity contribution in [2.24, 2.45) is 0 Å². The van der Waals surface area contributed by atoms with Gasteiger partial charge in [0.1, 0.15) is 0 Å². The van der Waals surface area contributed by atoms with Crippen LogP contribution in [-0.4, -0.2) is 10.1 Å². The summed E-state index contributed by atoms with van der Waals surface area (Å²) in [5.74, 6) is 0. The lowest BCUT2D eigenvalue weighted by molar-refractivity contribution is -0.111. The van der Waals surface area contributed by atoms with Crippen LogP contribution in [0.25, 0.3) is 0 Å². The lowest BCUT2D eigenvalue weighted by atomic mass is 10.3. The SMILES string of the molecule is CCC[C@H](Br)C(=O)Cl. The van der Waals surface area contributed by atoms with E-state index in [0.29, 0.717) is 0 Å². The summed E-state index contributed by atoms with van der Waals surface area (Å²) in [6.07, 6.45) is 1.80. The highest BCUT2D eigenvalue weighted by Gasteiger charge is 2.08. The second-order valence-electron chi connectivity index (χ2n) is 1.56. The first kappa shape index (κ1) is 8.44. The Morgan fingerprint density at radius 3 is 2.50 bits per heavy atom. The van der Waals surface area contributed by atoms with Crippen molar-refractivity contribution in [1.82, 2.24) is 0 Å². The molecule has 0 aliphatic heterocycles. The molecule has 8 heavy (non-hydrogen) atoms. The highest BCUT2D eigenvalue weighted by molar-refractivity contribution is 9.10. The van der Waals surface area contributed by atoms with Crippen LogP contribution in [0.2, 0.25) is 0 Å². The molecule has 0 saturated heterocycles. The van der Waals surface area contributed by atoms with E-state index in [1.54, 1.807) is 0 Å². The smallest absolute Gasteiger partial charge is 0.235 e. The van der Waals surface area contributed by atoms with Crippen LogP contribution in [0.1, 0.15) is 19.8 Å². The van der Waals surface area contributed by atoms with Gasteiger partial charge in [-0.2, -0.15) is 0 Å². The summed E-state index contributed by atoms with van der Waals surface area (Å²) in [6, 6.07) is 0. The Bertz CT molecular complexity index is 84.5. The van der Waals surface area contributed by atoms with E-state index in [2.05, 4.69) is 15.9 Å². The average molecular weight is 199 g/mol. The highest BCUT2D eigenvalue weighted by Crippen LogP contribution is 2.10. The van der Waals surface area contributed by atoms with E-state index in [-0.39, 0.29) is 10.1 Å². The molecule has 0 spiro atoms.